The number of likely N-dealkylation sites (tertiary alicyclic amines) is 1. The first-order valence-corrected chi connectivity index (χ1v) is 6.36. The summed E-state index contributed by atoms with van der Waals surface area (Å²) >= 11 is 0. The molecule has 1 fully saturated rings. The van der Waals surface area contributed by atoms with Gasteiger partial charge in [0, 0.05) is 19.4 Å². The van der Waals surface area contributed by atoms with Crippen LogP contribution < -0.4 is 5.43 Å². The van der Waals surface area contributed by atoms with Gasteiger partial charge in [0.15, 0.2) is 0 Å². The Labute approximate surface area is 110 Å². The summed E-state index contributed by atoms with van der Waals surface area (Å²) in [7, 11) is 0. The average Bonchev–Trinajstić information content (AvgIpc) is 2.39. The van der Waals surface area contributed by atoms with E-state index in [0.29, 0.717) is 13.0 Å². The largest absolute Gasteiger partial charge is 0.480 e. The van der Waals surface area contributed by atoms with Gasteiger partial charge >= 0.3 is 5.97 Å². The number of nitrogens with one attached hydrogen (secondary N) is 1. The molecule has 0 spiro atoms. The van der Waals surface area contributed by atoms with Crippen molar-refractivity contribution in [1.29, 1.82) is 0 Å². The Morgan fingerprint density at radius 2 is 2.11 bits per heavy atom. The van der Waals surface area contributed by atoms with Gasteiger partial charge in [-0.25, -0.2) is 10.2 Å². The standard InChI is InChI=1S/C12H17N3O4/c1-12(11(18)19)6-2-3-7-15(12)10(17)8-4-5-9(16)14-13-8/h2-7H2,1H3,(H,14,16)(H,18,19). The normalized spacial score (nSPS) is 27.5. The van der Waals surface area contributed by atoms with Crippen LogP contribution in [0.4, 0.5) is 0 Å². The van der Waals surface area contributed by atoms with Gasteiger partial charge in [0.1, 0.15) is 11.3 Å². The lowest BCUT2D eigenvalue weighted by Crippen LogP contribution is -2.59. The third-order valence-corrected chi connectivity index (χ3v) is 3.75. The molecule has 1 unspecified atom stereocenters. The van der Waals surface area contributed by atoms with Crippen molar-refractivity contribution < 1.29 is 19.5 Å². The van der Waals surface area contributed by atoms with Crippen LogP contribution in [0.5, 0.6) is 0 Å². The van der Waals surface area contributed by atoms with Crippen molar-refractivity contribution in [3.8, 4) is 0 Å². The van der Waals surface area contributed by atoms with E-state index in [-0.39, 0.29) is 30.4 Å². The number of amides is 2. The highest BCUT2D eigenvalue weighted by molar-refractivity contribution is 6.39. The van der Waals surface area contributed by atoms with Crippen LogP contribution in [0.15, 0.2) is 5.10 Å². The summed E-state index contributed by atoms with van der Waals surface area (Å²) in [5.74, 6) is -1.61. The van der Waals surface area contributed by atoms with Gasteiger partial charge in [-0.2, -0.15) is 5.10 Å². The zero-order valence-electron chi connectivity index (χ0n) is 10.8. The lowest BCUT2D eigenvalue weighted by Gasteiger charge is -2.41. The van der Waals surface area contributed by atoms with Crippen LogP contribution in [0.25, 0.3) is 0 Å². The van der Waals surface area contributed by atoms with Crippen LogP contribution in [0, 0.1) is 0 Å². The maximum absolute atomic E-state index is 12.4. The van der Waals surface area contributed by atoms with Crippen LogP contribution in [-0.2, 0) is 14.4 Å². The van der Waals surface area contributed by atoms with E-state index in [1.807, 2.05) is 0 Å². The molecule has 7 nitrogen and oxygen atoms in total. The molecule has 2 aliphatic heterocycles. The smallest absolute Gasteiger partial charge is 0.329 e. The molecule has 0 aromatic rings. The SMILES string of the molecule is CC1(C(=O)O)CCCCN1C(=O)C1=NNC(=O)CC1. The van der Waals surface area contributed by atoms with E-state index in [1.54, 1.807) is 6.92 Å². The monoisotopic (exact) mass is 267 g/mol. The first-order valence-electron chi connectivity index (χ1n) is 6.36. The van der Waals surface area contributed by atoms with Gasteiger partial charge in [-0.05, 0) is 26.2 Å². The van der Waals surface area contributed by atoms with Crippen LogP contribution in [0.3, 0.4) is 0 Å². The molecule has 2 rings (SSSR count). The minimum absolute atomic E-state index is 0.211. The molecule has 0 saturated carbocycles. The molecule has 2 heterocycles. The Kier molecular flexibility index (Phi) is 3.55. The quantitative estimate of drug-likeness (QED) is 0.741. The Bertz CT molecular complexity index is 460. The summed E-state index contributed by atoms with van der Waals surface area (Å²) in [6.45, 7) is 1.98. The van der Waals surface area contributed by atoms with Crippen molar-refractivity contribution in [2.75, 3.05) is 6.54 Å². The van der Waals surface area contributed by atoms with Crippen LogP contribution >= 0.6 is 0 Å². The molecule has 1 saturated heterocycles. The number of nitrogens with zero attached hydrogens (tertiary/aromatic N) is 2. The van der Waals surface area contributed by atoms with Gasteiger partial charge in [0.25, 0.3) is 5.91 Å². The van der Waals surface area contributed by atoms with Crippen molar-refractivity contribution in [2.45, 2.75) is 44.6 Å². The molecule has 1 atom stereocenters. The summed E-state index contributed by atoms with van der Waals surface area (Å²) < 4.78 is 0. The van der Waals surface area contributed by atoms with Gasteiger partial charge in [0.2, 0.25) is 5.91 Å². The fourth-order valence-corrected chi connectivity index (χ4v) is 2.45. The Hall–Kier alpha value is -1.92. The molecule has 2 amide bonds. The number of piperidine rings is 1. The summed E-state index contributed by atoms with van der Waals surface area (Å²) in [6.07, 6.45) is 2.48. The fourth-order valence-electron chi connectivity index (χ4n) is 2.45. The molecule has 104 valence electrons. The number of carbonyl (C=O) groups excluding carboxylic acids is 2. The second-order valence-corrected chi connectivity index (χ2v) is 5.09. The zero-order chi connectivity index (χ0) is 14.0. The third kappa shape index (κ3) is 2.45. The predicted octanol–water partition coefficient (Wildman–Crippen LogP) is 0.108. The van der Waals surface area contributed by atoms with Gasteiger partial charge < -0.3 is 10.0 Å². The molecular weight excluding hydrogens is 250 g/mol. The van der Waals surface area contributed by atoms with Gasteiger partial charge in [0.05, 0.1) is 0 Å². The zero-order valence-corrected chi connectivity index (χ0v) is 10.8. The highest BCUT2D eigenvalue weighted by Crippen LogP contribution is 2.29. The van der Waals surface area contributed by atoms with E-state index >= 15 is 0 Å². The van der Waals surface area contributed by atoms with Crippen molar-refractivity contribution in [3.05, 3.63) is 0 Å². The van der Waals surface area contributed by atoms with E-state index in [4.69, 9.17) is 0 Å². The molecular formula is C12H17N3O4. The maximum atomic E-state index is 12.4. The van der Waals surface area contributed by atoms with E-state index in [9.17, 15) is 19.5 Å². The van der Waals surface area contributed by atoms with Crippen molar-refractivity contribution >= 4 is 23.5 Å². The minimum atomic E-state index is -1.18. The Morgan fingerprint density at radius 1 is 1.37 bits per heavy atom. The van der Waals surface area contributed by atoms with Crippen LogP contribution in [0.2, 0.25) is 0 Å². The molecule has 2 N–H and O–H groups in total. The molecule has 19 heavy (non-hydrogen) atoms. The number of hydrogen-bond donors (Lipinski definition) is 2. The highest BCUT2D eigenvalue weighted by atomic mass is 16.4. The second kappa shape index (κ2) is 4.99. The highest BCUT2D eigenvalue weighted by Gasteiger charge is 2.45. The number of carboxylic acid groups (broad SMARTS) is 1. The Morgan fingerprint density at radius 3 is 2.68 bits per heavy atom. The van der Waals surface area contributed by atoms with Crippen LogP contribution in [0.1, 0.15) is 39.0 Å². The molecule has 0 radical (unpaired) electrons. The fraction of sp³-hybridized carbons (Fsp3) is 0.667. The number of aliphatic carboxylic acids is 1. The maximum Gasteiger partial charge on any atom is 0.329 e. The number of carbonyl (C=O) groups is 3. The average molecular weight is 267 g/mol. The molecule has 7 heteroatoms. The summed E-state index contributed by atoms with van der Waals surface area (Å²) in [6, 6.07) is 0. The number of hydrazone groups is 1. The van der Waals surface area contributed by atoms with Crippen molar-refractivity contribution in [1.82, 2.24) is 10.3 Å². The number of rotatable bonds is 2. The van der Waals surface area contributed by atoms with Crippen LogP contribution in [-0.4, -0.2) is 45.6 Å². The predicted molar refractivity (Wildman–Crippen MR) is 66.4 cm³/mol. The van der Waals surface area contributed by atoms with Gasteiger partial charge in [-0.1, -0.05) is 0 Å². The lowest BCUT2D eigenvalue weighted by atomic mass is 9.88. The van der Waals surface area contributed by atoms with Crippen molar-refractivity contribution in [3.63, 3.8) is 0 Å². The number of carboxylic acids is 1. The lowest BCUT2D eigenvalue weighted by molar-refractivity contribution is -0.158. The molecule has 0 bridgehead atoms. The molecule has 0 aromatic carbocycles. The summed E-state index contributed by atoms with van der Waals surface area (Å²) in [5, 5.41) is 13.1. The van der Waals surface area contributed by atoms with Crippen molar-refractivity contribution in [2.24, 2.45) is 5.10 Å². The topological polar surface area (TPSA) is 99.1 Å². The third-order valence-electron chi connectivity index (χ3n) is 3.75. The van der Waals surface area contributed by atoms with Gasteiger partial charge in [-0.3, -0.25) is 9.59 Å². The second-order valence-electron chi connectivity index (χ2n) is 5.09. The number of hydrogen-bond acceptors (Lipinski definition) is 4. The van der Waals surface area contributed by atoms with E-state index < -0.39 is 11.5 Å². The van der Waals surface area contributed by atoms with Gasteiger partial charge in [-0.15, -0.1) is 0 Å². The first-order chi connectivity index (χ1) is 8.95. The molecule has 0 aliphatic carbocycles. The minimum Gasteiger partial charge on any atom is -0.480 e. The Balaban J connectivity index is 2.21. The van der Waals surface area contributed by atoms with E-state index in [1.165, 1.54) is 4.90 Å². The molecule has 0 aromatic heterocycles. The summed E-state index contributed by atoms with van der Waals surface area (Å²) in [5.41, 5.74) is 1.31. The summed E-state index contributed by atoms with van der Waals surface area (Å²) in [4.78, 5) is 36.2. The van der Waals surface area contributed by atoms with E-state index in [0.717, 1.165) is 12.8 Å². The van der Waals surface area contributed by atoms with E-state index in [2.05, 4.69) is 10.5 Å². The molecule has 2 aliphatic rings. The first kappa shape index (κ1) is 13.5.